The van der Waals surface area contributed by atoms with Gasteiger partial charge >= 0.3 is 11.9 Å². The van der Waals surface area contributed by atoms with Gasteiger partial charge in [-0.3, -0.25) is 9.59 Å². The van der Waals surface area contributed by atoms with Crippen molar-refractivity contribution in [3.63, 3.8) is 0 Å². The van der Waals surface area contributed by atoms with Gasteiger partial charge in [-0.05, 0) is 0 Å². The van der Waals surface area contributed by atoms with Gasteiger partial charge in [0.2, 0.25) is 0 Å². The molecule has 0 unspecified atom stereocenters. The molecular formula is C8H8O8-2. The molecule has 8 nitrogen and oxygen atoms in total. The maximum atomic E-state index is 10.5. The number of hydrogen-bond acceptors (Lipinski definition) is 8. The Bertz CT molecular complexity index is 288. The van der Waals surface area contributed by atoms with Crippen LogP contribution in [0.15, 0.2) is 0 Å². The minimum atomic E-state index is -2.24. The highest BCUT2D eigenvalue weighted by Gasteiger charge is 2.29. The molecule has 0 aromatic carbocycles. The van der Waals surface area contributed by atoms with E-state index in [0.29, 0.717) is 0 Å². The Morgan fingerprint density at radius 3 is 1.19 bits per heavy atom. The number of carbonyl (C=O) groups excluding carboxylic acids is 4. The van der Waals surface area contributed by atoms with E-state index in [1.807, 2.05) is 0 Å². The number of aliphatic carboxylic acids is 2. The molecular weight excluding hydrogens is 224 g/mol. The van der Waals surface area contributed by atoms with Gasteiger partial charge in [-0.25, -0.2) is 0 Å². The first-order valence-corrected chi connectivity index (χ1v) is 4.02. The van der Waals surface area contributed by atoms with Crippen LogP contribution in [0.5, 0.6) is 0 Å². The Morgan fingerprint density at radius 2 is 1.06 bits per heavy atom. The Kier molecular flexibility index (Phi) is 4.93. The first kappa shape index (κ1) is 13.9. The first-order chi connectivity index (χ1) is 7.25. The van der Waals surface area contributed by atoms with Crippen molar-refractivity contribution in [2.45, 2.75) is 26.1 Å². The van der Waals surface area contributed by atoms with Crippen LogP contribution in [0.4, 0.5) is 0 Å². The second kappa shape index (κ2) is 5.69. The van der Waals surface area contributed by atoms with Crippen LogP contribution in [0.2, 0.25) is 0 Å². The Hall–Kier alpha value is -2.12. The zero-order chi connectivity index (χ0) is 12.9. The number of ether oxygens (including phenoxy) is 2. The van der Waals surface area contributed by atoms with Crippen molar-refractivity contribution in [1.82, 2.24) is 0 Å². The molecule has 2 atom stereocenters. The van der Waals surface area contributed by atoms with Crippen molar-refractivity contribution < 1.29 is 38.9 Å². The largest absolute Gasteiger partial charge is 0.546 e. The predicted molar refractivity (Wildman–Crippen MR) is 41.1 cm³/mol. The van der Waals surface area contributed by atoms with Crippen molar-refractivity contribution in [2.24, 2.45) is 0 Å². The fourth-order valence-corrected chi connectivity index (χ4v) is 0.825. The fourth-order valence-electron chi connectivity index (χ4n) is 0.825. The Balaban J connectivity index is 4.93. The van der Waals surface area contributed by atoms with Crippen molar-refractivity contribution in [1.29, 1.82) is 0 Å². The highest BCUT2D eigenvalue weighted by atomic mass is 16.6. The van der Waals surface area contributed by atoms with Gasteiger partial charge in [0, 0.05) is 13.8 Å². The van der Waals surface area contributed by atoms with Gasteiger partial charge in [-0.15, -0.1) is 0 Å². The lowest BCUT2D eigenvalue weighted by Crippen LogP contribution is -2.54. The summed E-state index contributed by atoms with van der Waals surface area (Å²) in [7, 11) is 0. The molecule has 0 rings (SSSR count). The molecule has 0 fully saturated rings. The third kappa shape index (κ3) is 4.40. The van der Waals surface area contributed by atoms with Crippen molar-refractivity contribution >= 4 is 23.9 Å². The topological polar surface area (TPSA) is 133 Å². The molecule has 90 valence electrons. The molecule has 0 aliphatic carbocycles. The maximum Gasteiger partial charge on any atom is 0.303 e. The summed E-state index contributed by atoms with van der Waals surface area (Å²) in [6.07, 6.45) is -4.49. The van der Waals surface area contributed by atoms with Gasteiger partial charge in [0.1, 0.15) is 0 Å². The number of carboxylic acids is 2. The molecule has 0 aliphatic rings. The van der Waals surface area contributed by atoms with E-state index in [1.54, 1.807) is 0 Å². The van der Waals surface area contributed by atoms with Crippen LogP contribution in [0.1, 0.15) is 13.8 Å². The lowest BCUT2D eigenvalue weighted by atomic mass is 10.2. The van der Waals surface area contributed by atoms with Crippen LogP contribution in [0.25, 0.3) is 0 Å². The van der Waals surface area contributed by atoms with Crippen LogP contribution in [0, 0.1) is 0 Å². The second-order valence-electron chi connectivity index (χ2n) is 2.70. The van der Waals surface area contributed by atoms with Crippen molar-refractivity contribution in [3.8, 4) is 0 Å². The van der Waals surface area contributed by atoms with E-state index < -0.39 is 36.1 Å². The molecule has 0 bridgehead atoms. The molecule has 0 amide bonds. The molecule has 0 spiro atoms. The van der Waals surface area contributed by atoms with Gasteiger partial charge in [0.05, 0.1) is 11.9 Å². The van der Waals surface area contributed by atoms with Gasteiger partial charge < -0.3 is 29.3 Å². The fraction of sp³-hybridized carbons (Fsp3) is 0.500. The summed E-state index contributed by atoms with van der Waals surface area (Å²) in [5.74, 6) is -6.14. The molecule has 0 aromatic heterocycles. The van der Waals surface area contributed by atoms with Crippen molar-refractivity contribution in [2.75, 3.05) is 0 Å². The zero-order valence-electron chi connectivity index (χ0n) is 8.42. The van der Waals surface area contributed by atoms with E-state index in [0.717, 1.165) is 13.8 Å². The molecule has 0 radical (unpaired) electrons. The number of carbonyl (C=O) groups is 4. The standard InChI is InChI=1S/C8H10O8/c1-3(9)15-5(7(11)12)6(8(13)14)16-4(2)10/h5-6H,1-2H3,(H,11,12)(H,13,14)/p-2/t5-,6+. The average Bonchev–Trinajstić information content (AvgIpc) is 2.09. The molecule has 0 heterocycles. The van der Waals surface area contributed by atoms with Crippen molar-refractivity contribution in [3.05, 3.63) is 0 Å². The summed E-state index contributed by atoms with van der Waals surface area (Å²) < 4.78 is 8.27. The summed E-state index contributed by atoms with van der Waals surface area (Å²) in [6, 6.07) is 0. The van der Waals surface area contributed by atoms with Crippen LogP contribution >= 0.6 is 0 Å². The van der Waals surface area contributed by atoms with E-state index in [2.05, 4.69) is 9.47 Å². The SMILES string of the molecule is CC(=O)O[C@H](C(=O)[O-])[C@@H](OC(C)=O)C(=O)[O-]. The van der Waals surface area contributed by atoms with Gasteiger partial charge in [-0.1, -0.05) is 0 Å². The van der Waals surface area contributed by atoms with E-state index in [9.17, 15) is 29.4 Å². The maximum absolute atomic E-state index is 10.5. The quantitative estimate of drug-likeness (QED) is 0.443. The minimum absolute atomic E-state index is 0.857. The van der Waals surface area contributed by atoms with E-state index in [-0.39, 0.29) is 0 Å². The molecule has 0 saturated heterocycles. The second-order valence-corrected chi connectivity index (χ2v) is 2.70. The number of carboxylic acid groups (broad SMARTS) is 2. The lowest BCUT2D eigenvalue weighted by molar-refractivity contribution is -0.334. The molecule has 16 heavy (non-hydrogen) atoms. The summed E-state index contributed by atoms with van der Waals surface area (Å²) in [5.41, 5.74) is 0. The number of esters is 2. The monoisotopic (exact) mass is 232 g/mol. The summed E-state index contributed by atoms with van der Waals surface area (Å²) in [5, 5.41) is 21.0. The average molecular weight is 232 g/mol. The van der Waals surface area contributed by atoms with Crippen LogP contribution < -0.4 is 10.2 Å². The predicted octanol–water partition coefficient (Wildman–Crippen LogP) is -3.65. The Labute approximate surface area is 89.8 Å². The third-order valence-electron chi connectivity index (χ3n) is 1.33. The van der Waals surface area contributed by atoms with Gasteiger partial charge in [0.15, 0.2) is 12.2 Å². The summed E-state index contributed by atoms with van der Waals surface area (Å²) >= 11 is 0. The van der Waals surface area contributed by atoms with E-state index in [4.69, 9.17) is 0 Å². The molecule has 0 N–H and O–H groups in total. The van der Waals surface area contributed by atoms with Gasteiger partial charge in [-0.2, -0.15) is 0 Å². The number of hydrogen-bond donors (Lipinski definition) is 0. The van der Waals surface area contributed by atoms with Gasteiger partial charge in [0.25, 0.3) is 0 Å². The minimum Gasteiger partial charge on any atom is -0.546 e. The normalized spacial score (nSPS) is 13.4. The lowest BCUT2D eigenvalue weighted by Gasteiger charge is -2.27. The molecule has 0 saturated carbocycles. The van der Waals surface area contributed by atoms with Crippen LogP contribution in [-0.4, -0.2) is 36.1 Å². The first-order valence-electron chi connectivity index (χ1n) is 4.02. The number of rotatable bonds is 5. The Morgan fingerprint density at radius 1 is 0.812 bits per heavy atom. The molecule has 0 aliphatic heterocycles. The molecule has 0 aromatic rings. The van der Waals surface area contributed by atoms with Crippen LogP contribution in [-0.2, 0) is 28.7 Å². The van der Waals surface area contributed by atoms with E-state index in [1.165, 1.54) is 0 Å². The zero-order valence-corrected chi connectivity index (χ0v) is 8.42. The van der Waals surface area contributed by atoms with E-state index >= 15 is 0 Å². The third-order valence-corrected chi connectivity index (χ3v) is 1.33. The van der Waals surface area contributed by atoms with Crippen LogP contribution in [0.3, 0.4) is 0 Å². The summed E-state index contributed by atoms with van der Waals surface area (Å²) in [6.45, 7) is 1.71. The molecule has 8 heteroatoms. The summed E-state index contributed by atoms with van der Waals surface area (Å²) in [4.78, 5) is 42.0. The highest BCUT2D eigenvalue weighted by Crippen LogP contribution is 2.04. The smallest absolute Gasteiger partial charge is 0.303 e. The highest BCUT2D eigenvalue weighted by molar-refractivity contribution is 5.85.